The van der Waals surface area contributed by atoms with Gasteiger partial charge in [-0.1, -0.05) is 23.7 Å². The maximum Gasteiger partial charge on any atom is 0.317 e. The number of methoxy groups -OCH3 is 1. The summed E-state index contributed by atoms with van der Waals surface area (Å²) in [6, 6.07) is 14.4. The molecule has 0 atom stereocenters. The van der Waals surface area contributed by atoms with Crippen molar-refractivity contribution in [2.75, 3.05) is 33.3 Å². The quantitative estimate of drug-likeness (QED) is 0.392. The van der Waals surface area contributed by atoms with Crippen LogP contribution in [0.25, 0.3) is 0 Å². The second kappa shape index (κ2) is 13.2. The summed E-state index contributed by atoms with van der Waals surface area (Å²) in [7, 11) is 1.70. The summed E-state index contributed by atoms with van der Waals surface area (Å²) < 4.78 is 11.8. The molecule has 0 unspecified atom stereocenters. The highest BCUT2D eigenvalue weighted by Crippen LogP contribution is 2.36. The van der Waals surface area contributed by atoms with Crippen LogP contribution in [0.4, 0.5) is 4.79 Å². The van der Waals surface area contributed by atoms with Gasteiger partial charge in [-0.05, 0) is 80.5 Å². The molecule has 1 aliphatic carbocycles. The minimum atomic E-state index is -0.738. The van der Waals surface area contributed by atoms with E-state index in [2.05, 4.69) is 10.6 Å². The number of hydrogen-bond donors (Lipinski definition) is 3. The highest BCUT2D eigenvalue weighted by atomic mass is 35.5. The molecule has 3 N–H and O–H groups in total. The van der Waals surface area contributed by atoms with Crippen LogP contribution in [-0.4, -0.2) is 67.3 Å². The number of hydrogen-bond acceptors (Lipinski definition) is 5. The first-order valence-corrected chi connectivity index (χ1v) is 13.8. The van der Waals surface area contributed by atoms with Crippen molar-refractivity contribution in [2.45, 2.75) is 50.2 Å². The molecule has 10 heteroatoms. The van der Waals surface area contributed by atoms with E-state index in [1.807, 2.05) is 24.3 Å². The second-order valence-electron chi connectivity index (χ2n) is 10.1. The molecule has 2 aromatic rings. The standard InChI is InChI=1S/C29H36ClN3O6/c1-38-29(22-6-8-23(30)9-7-22)14-18-33(19-15-29)28(37)32-17-16-31-26(34)20-2-10-24(11-3-20)39-25-12-4-21(5-13-25)27(35)36/h2-3,6-11,21,25H,4-5,12-19H2,1H3,(H,31,34)(H,32,37)(H,35,36). The van der Waals surface area contributed by atoms with Crippen molar-refractivity contribution in [2.24, 2.45) is 5.92 Å². The molecule has 1 saturated heterocycles. The van der Waals surface area contributed by atoms with E-state index in [1.54, 1.807) is 36.3 Å². The van der Waals surface area contributed by atoms with Crippen LogP contribution in [0.5, 0.6) is 5.75 Å². The SMILES string of the molecule is COC1(c2ccc(Cl)cc2)CCN(C(=O)NCCNC(=O)c2ccc(OC3CCC(C(=O)O)CC3)cc2)CC1. The summed E-state index contributed by atoms with van der Waals surface area (Å²) in [4.78, 5) is 38.0. The van der Waals surface area contributed by atoms with Crippen molar-refractivity contribution in [3.05, 3.63) is 64.7 Å². The highest BCUT2D eigenvalue weighted by Gasteiger charge is 2.37. The lowest BCUT2D eigenvalue weighted by Gasteiger charge is -2.41. The van der Waals surface area contributed by atoms with E-state index in [-0.39, 0.29) is 24.0 Å². The van der Waals surface area contributed by atoms with Gasteiger partial charge in [0, 0.05) is 43.9 Å². The summed E-state index contributed by atoms with van der Waals surface area (Å²) in [6.45, 7) is 1.73. The lowest BCUT2D eigenvalue weighted by molar-refractivity contribution is -0.143. The van der Waals surface area contributed by atoms with Crippen LogP contribution in [-0.2, 0) is 15.1 Å². The first kappa shape index (κ1) is 28.7. The number of nitrogens with one attached hydrogen (secondary N) is 2. The zero-order valence-corrected chi connectivity index (χ0v) is 22.9. The fourth-order valence-electron chi connectivity index (χ4n) is 5.30. The summed E-state index contributed by atoms with van der Waals surface area (Å²) in [5, 5.41) is 15.5. The molecule has 1 saturated carbocycles. The van der Waals surface area contributed by atoms with Crippen molar-refractivity contribution in [3.63, 3.8) is 0 Å². The van der Waals surface area contributed by atoms with E-state index in [1.165, 1.54) is 0 Å². The molecule has 0 bridgehead atoms. The van der Waals surface area contributed by atoms with Gasteiger partial charge in [-0.2, -0.15) is 0 Å². The molecule has 39 heavy (non-hydrogen) atoms. The Morgan fingerprint density at radius 3 is 2.15 bits per heavy atom. The summed E-state index contributed by atoms with van der Waals surface area (Å²) in [5.74, 6) is -0.592. The molecule has 0 radical (unpaired) electrons. The number of piperidine rings is 1. The summed E-state index contributed by atoms with van der Waals surface area (Å²) in [6.07, 6.45) is 4.00. The van der Waals surface area contributed by atoms with Crippen molar-refractivity contribution in [1.82, 2.24) is 15.5 Å². The number of benzene rings is 2. The average molecular weight is 558 g/mol. The lowest BCUT2D eigenvalue weighted by Crippen LogP contribution is -2.50. The third-order valence-electron chi connectivity index (χ3n) is 7.75. The number of rotatable bonds is 9. The molecular formula is C29H36ClN3O6. The Kier molecular flexibility index (Phi) is 9.69. The van der Waals surface area contributed by atoms with Crippen LogP contribution in [0, 0.1) is 5.92 Å². The number of urea groups is 1. The molecule has 1 aliphatic heterocycles. The Morgan fingerprint density at radius 1 is 0.949 bits per heavy atom. The van der Waals surface area contributed by atoms with Crippen LogP contribution < -0.4 is 15.4 Å². The topological polar surface area (TPSA) is 117 Å². The van der Waals surface area contributed by atoms with Crippen molar-refractivity contribution < 1.29 is 29.0 Å². The van der Waals surface area contributed by atoms with E-state index < -0.39 is 11.6 Å². The number of aliphatic carboxylic acids is 1. The van der Waals surface area contributed by atoms with Gasteiger partial charge >= 0.3 is 12.0 Å². The third-order valence-corrected chi connectivity index (χ3v) is 8.00. The zero-order chi connectivity index (χ0) is 27.8. The highest BCUT2D eigenvalue weighted by molar-refractivity contribution is 6.30. The number of nitrogens with zero attached hydrogens (tertiary/aromatic N) is 1. The Labute approximate surface area is 233 Å². The number of carboxylic acid groups (broad SMARTS) is 1. The predicted molar refractivity (Wildman–Crippen MR) is 147 cm³/mol. The number of amides is 3. The monoisotopic (exact) mass is 557 g/mol. The number of ether oxygens (including phenoxy) is 2. The molecule has 0 spiro atoms. The van der Waals surface area contributed by atoms with Crippen molar-refractivity contribution in [3.8, 4) is 5.75 Å². The van der Waals surface area contributed by atoms with E-state index >= 15 is 0 Å². The number of carbonyl (C=O) groups is 3. The van der Waals surface area contributed by atoms with E-state index in [4.69, 9.17) is 26.2 Å². The molecule has 2 fully saturated rings. The van der Waals surface area contributed by atoms with Crippen LogP contribution in [0.15, 0.2) is 48.5 Å². The average Bonchev–Trinajstić information content (AvgIpc) is 2.96. The Bertz CT molecular complexity index is 1120. The fraction of sp³-hybridized carbons (Fsp3) is 0.483. The number of carbonyl (C=O) groups excluding carboxylic acids is 2. The molecule has 2 aliphatic rings. The number of halogens is 1. The maximum atomic E-state index is 12.6. The number of likely N-dealkylation sites (tertiary alicyclic amines) is 1. The first-order chi connectivity index (χ1) is 18.8. The molecular weight excluding hydrogens is 522 g/mol. The largest absolute Gasteiger partial charge is 0.490 e. The van der Waals surface area contributed by atoms with Gasteiger partial charge in [-0.15, -0.1) is 0 Å². The van der Waals surface area contributed by atoms with Crippen LogP contribution >= 0.6 is 11.6 Å². The van der Waals surface area contributed by atoms with Crippen LogP contribution in [0.2, 0.25) is 5.02 Å². The van der Waals surface area contributed by atoms with E-state index in [9.17, 15) is 14.4 Å². The van der Waals surface area contributed by atoms with Gasteiger partial charge in [0.2, 0.25) is 0 Å². The molecule has 210 valence electrons. The smallest absolute Gasteiger partial charge is 0.317 e. The van der Waals surface area contributed by atoms with Crippen LogP contribution in [0.3, 0.4) is 0 Å². The van der Waals surface area contributed by atoms with Crippen molar-refractivity contribution in [1.29, 1.82) is 0 Å². The van der Waals surface area contributed by atoms with Gasteiger partial charge in [-0.3, -0.25) is 9.59 Å². The lowest BCUT2D eigenvalue weighted by atomic mass is 9.84. The van der Waals surface area contributed by atoms with E-state index in [0.29, 0.717) is 81.0 Å². The first-order valence-electron chi connectivity index (χ1n) is 13.4. The molecule has 1 heterocycles. The van der Waals surface area contributed by atoms with Gasteiger partial charge in [0.15, 0.2) is 0 Å². The molecule has 3 amide bonds. The zero-order valence-electron chi connectivity index (χ0n) is 22.2. The van der Waals surface area contributed by atoms with Gasteiger partial charge < -0.3 is 30.1 Å². The minimum absolute atomic E-state index is 0.00727. The molecule has 2 aromatic carbocycles. The maximum absolute atomic E-state index is 12.6. The normalized spacial score (nSPS) is 20.6. The molecule has 0 aromatic heterocycles. The molecule has 4 rings (SSSR count). The van der Waals surface area contributed by atoms with Gasteiger partial charge in [0.25, 0.3) is 5.91 Å². The summed E-state index contributed by atoms with van der Waals surface area (Å²) in [5.41, 5.74) is 1.12. The Balaban J connectivity index is 1.15. The number of carboxylic acids is 1. The Hall–Kier alpha value is -3.30. The van der Waals surface area contributed by atoms with Gasteiger partial charge in [0.1, 0.15) is 5.75 Å². The summed E-state index contributed by atoms with van der Waals surface area (Å²) >= 11 is 6.02. The Morgan fingerprint density at radius 2 is 1.56 bits per heavy atom. The predicted octanol–water partition coefficient (Wildman–Crippen LogP) is 4.44. The van der Waals surface area contributed by atoms with E-state index in [0.717, 1.165) is 5.56 Å². The van der Waals surface area contributed by atoms with Gasteiger partial charge in [0.05, 0.1) is 17.6 Å². The third kappa shape index (κ3) is 7.42. The molecule has 9 nitrogen and oxygen atoms in total. The van der Waals surface area contributed by atoms with Crippen molar-refractivity contribution >= 4 is 29.5 Å². The fourth-order valence-corrected chi connectivity index (χ4v) is 5.43. The minimum Gasteiger partial charge on any atom is -0.490 e. The van der Waals surface area contributed by atoms with Crippen LogP contribution in [0.1, 0.15) is 54.4 Å². The second-order valence-corrected chi connectivity index (χ2v) is 10.6. The van der Waals surface area contributed by atoms with Gasteiger partial charge in [-0.25, -0.2) is 4.79 Å².